The highest BCUT2D eigenvalue weighted by atomic mass is 32.1. The number of carbonyl (C=O) groups is 1. The summed E-state index contributed by atoms with van der Waals surface area (Å²) in [4.78, 5) is 26.5. The SMILES string of the molecule is C[C@H]1CCc2c(sc(NC(=O)c3ccc(-c4cc5ccccc5oc4=O)cc3)c2C#N)C1. The van der Waals surface area contributed by atoms with E-state index in [1.807, 2.05) is 18.2 Å². The molecular formula is C26H20N2O3S. The summed E-state index contributed by atoms with van der Waals surface area (Å²) in [6.45, 7) is 2.21. The molecule has 0 bridgehead atoms. The average molecular weight is 441 g/mol. The van der Waals surface area contributed by atoms with Crippen molar-refractivity contribution >= 4 is 33.2 Å². The fourth-order valence-corrected chi connectivity index (χ4v) is 5.55. The number of anilines is 1. The maximum atomic E-state index is 12.9. The van der Waals surface area contributed by atoms with E-state index in [1.54, 1.807) is 36.4 Å². The van der Waals surface area contributed by atoms with Gasteiger partial charge >= 0.3 is 5.63 Å². The number of thiophene rings is 1. The molecule has 4 aromatic rings. The molecule has 0 aliphatic heterocycles. The molecule has 5 nitrogen and oxygen atoms in total. The Morgan fingerprint density at radius 2 is 1.97 bits per heavy atom. The molecule has 0 unspecified atom stereocenters. The Morgan fingerprint density at radius 3 is 2.75 bits per heavy atom. The van der Waals surface area contributed by atoms with Gasteiger partial charge < -0.3 is 9.73 Å². The first-order valence-electron chi connectivity index (χ1n) is 10.5. The first-order valence-corrected chi connectivity index (χ1v) is 11.3. The van der Waals surface area contributed by atoms with E-state index in [4.69, 9.17) is 4.42 Å². The molecule has 0 saturated heterocycles. The summed E-state index contributed by atoms with van der Waals surface area (Å²) in [7, 11) is 0. The number of nitrogens with one attached hydrogen (secondary N) is 1. The van der Waals surface area contributed by atoms with Gasteiger partial charge in [0.15, 0.2) is 0 Å². The predicted octanol–water partition coefficient (Wildman–Crippen LogP) is 5.77. The van der Waals surface area contributed by atoms with Crippen molar-refractivity contribution in [2.24, 2.45) is 5.92 Å². The fourth-order valence-electron chi connectivity index (χ4n) is 4.20. The Hall–Kier alpha value is -3.69. The monoisotopic (exact) mass is 440 g/mol. The zero-order valence-corrected chi connectivity index (χ0v) is 18.3. The molecule has 0 spiro atoms. The first kappa shape index (κ1) is 20.2. The molecule has 1 atom stereocenters. The zero-order valence-electron chi connectivity index (χ0n) is 17.5. The topological polar surface area (TPSA) is 83.1 Å². The van der Waals surface area contributed by atoms with Crippen LogP contribution < -0.4 is 10.9 Å². The van der Waals surface area contributed by atoms with Crippen LogP contribution in [0.5, 0.6) is 0 Å². The van der Waals surface area contributed by atoms with E-state index >= 15 is 0 Å². The summed E-state index contributed by atoms with van der Waals surface area (Å²) in [6, 6.07) is 18.3. The predicted molar refractivity (Wildman–Crippen MR) is 126 cm³/mol. The quantitative estimate of drug-likeness (QED) is 0.410. The second-order valence-electron chi connectivity index (χ2n) is 8.18. The minimum Gasteiger partial charge on any atom is -0.422 e. The fraction of sp³-hybridized carbons (Fsp3) is 0.192. The summed E-state index contributed by atoms with van der Waals surface area (Å²) in [6.07, 6.45) is 2.90. The second kappa shape index (κ2) is 8.10. The van der Waals surface area contributed by atoms with Gasteiger partial charge in [0.25, 0.3) is 5.91 Å². The molecule has 2 aromatic heterocycles. The minimum atomic E-state index is -0.419. The molecule has 32 heavy (non-hydrogen) atoms. The lowest BCUT2D eigenvalue weighted by atomic mass is 9.88. The van der Waals surface area contributed by atoms with E-state index in [9.17, 15) is 14.9 Å². The Morgan fingerprint density at radius 1 is 1.19 bits per heavy atom. The van der Waals surface area contributed by atoms with E-state index in [-0.39, 0.29) is 5.91 Å². The normalized spacial score (nSPS) is 15.2. The average Bonchev–Trinajstić information content (AvgIpc) is 3.14. The maximum Gasteiger partial charge on any atom is 0.344 e. The van der Waals surface area contributed by atoms with Crippen molar-refractivity contribution in [1.29, 1.82) is 5.26 Å². The molecule has 0 fully saturated rings. The minimum absolute atomic E-state index is 0.273. The van der Waals surface area contributed by atoms with Crippen LogP contribution in [0.3, 0.4) is 0 Å². The summed E-state index contributed by atoms with van der Waals surface area (Å²) in [5.41, 5.74) is 3.39. The summed E-state index contributed by atoms with van der Waals surface area (Å²) >= 11 is 1.51. The molecule has 0 saturated carbocycles. The van der Waals surface area contributed by atoms with Crippen LogP contribution in [0.1, 0.15) is 39.7 Å². The van der Waals surface area contributed by atoms with Crippen LogP contribution in [0.2, 0.25) is 0 Å². The molecule has 1 aliphatic rings. The van der Waals surface area contributed by atoms with Gasteiger partial charge in [0.05, 0.1) is 11.1 Å². The molecule has 0 radical (unpaired) electrons. The Kier molecular flexibility index (Phi) is 5.12. The first-order chi connectivity index (χ1) is 15.5. The Bertz CT molecular complexity index is 1440. The lowest BCUT2D eigenvalue weighted by Gasteiger charge is -2.17. The van der Waals surface area contributed by atoms with Crippen molar-refractivity contribution in [2.45, 2.75) is 26.2 Å². The van der Waals surface area contributed by atoms with Crippen LogP contribution in [-0.2, 0) is 12.8 Å². The van der Waals surface area contributed by atoms with Gasteiger partial charge in [-0.1, -0.05) is 37.3 Å². The number of para-hydroxylation sites is 1. The molecule has 2 heterocycles. The van der Waals surface area contributed by atoms with Crippen LogP contribution >= 0.6 is 11.3 Å². The lowest BCUT2D eigenvalue weighted by Crippen LogP contribution is -2.12. The van der Waals surface area contributed by atoms with Crippen LogP contribution in [0, 0.1) is 17.2 Å². The van der Waals surface area contributed by atoms with Crippen LogP contribution in [0.25, 0.3) is 22.1 Å². The van der Waals surface area contributed by atoms with E-state index in [0.29, 0.717) is 38.8 Å². The van der Waals surface area contributed by atoms with Crippen molar-refractivity contribution in [1.82, 2.24) is 0 Å². The molecule has 2 aromatic carbocycles. The summed E-state index contributed by atoms with van der Waals surface area (Å²) in [5, 5.41) is 14.0. The molecule has 158 valence electrons. The number of rotatable bonds is 3. The standard InChI is InChI=1S/C26H20N2O3S/c1-15-6-11-19-21(14-27)25(32-23(19)12-15)28-24(29)17-9-7-16(8-10-17)20-13-18-4-2-3-5-22(18)31-26(20)30/h2-5,7-10,13,15H,6,11-12H2,1H3,(H,28,29)/t15-/m0/s1. The number of nitriles is 1. The third-order valence-corrected chi connectivity index (χ3v) is 7.12. The molecule has 6 heteroatoms. The van der Waals surface area contributed by atoms with Crippen LogP contribution in [0.4, 0.5) is 5.00 Å². The Labute approximate surface area is 188 Å². The van der Waals surface area contributed by atoms with Gasteiger partial charge in [0.1, 0.15) is 16.7 Å². The molecule has 1 amide bonds. The molecule has 5 rings (SSSR count). The van der Waals surface area contributed by atoms with Gasteiger partial charge in [-0.3, -0.25) is 4.79 Å². The number of carbonyl (C=O) groups excluding carboxylic acids is 1. The highest BCUT2D eigenvalue weighted by molar-refractivity contribution is 7.16. The number of fused-ring (bicyclic) bond motifs is 2. The van der Waals surface area contributed by atoms with Crippen molar-refractivity contribution in [3.05, 3.63) is 86.6 Å². The van der Waals surface area contributed by atoms with E-state index in [2.05, 4.69) is 18.3 Å². The van der Waals surface area contributed by atoms with Crippen molar-refractivity contribution in [3.63, 3.8) is 0 Å². The molecule has 1 N–H and O–H groups in total. The number of hydrogen-bond acceptors (Lipinski definition) is 5. The van der Waals surface area contributed by atoms with E-state index in [0.717, 1.165) is 30.2 Å². The number of amides is 1. The zero-order chi connectivity index (χ0) is 22.2. The van der Waals surface area contributed by atoms with Crippen molar-refractivity contribution < 1.29 is 9.21 Å². The van der Waals surface area contributed by atoms with Gasteiger partial charge in [0.2, 0.25) is 0 Å². The van der Waals surface area contributed by atoms with Crippen molar-refractivity contribution in [3.8, 4) is 17.2 Å². The van der Waals surface area contributed by atoms with Crippen LogP contribution in [-0.4, -0.2) is 5.91 Å². The Balaban J connectivity index is 1.41. The molecule has 1 aliphatic carbocycles. The van der Waals surface area contributed by atoms with Gasteiger partial charge in [-0.15, -0.1) is 11.3 Å². The largest absolute Gasteiger partial charge is 0.422 e. The number of hydrogen-bond donors (Lipinski definition) is 1. The van der Waals surface area contributed by atoms with Gasteiger partial charge in [-0.2, -0.15) is 5.26 Å². The van der Waals surface area contributed by atoms with Crippen LogP contribution in [0.15, 0.2) is 63.8 Å². The van der Waals surface area contributed by atoms with Gasteiger partial charge in [-0.05, 0) is 60.6 Å². The lowest BCUT2D eigenvalue weighted by molar-refractivity contribution is 0.102. The van der Waals surface area contributed by atoms with E-state index in [1.165, 1.54) is 16.2 Å². The number of nitrogens with zero attached hydrogens (tertiary/aromatic N) is 1. The van der Waals surface area contributed by atoms with Gasteiger partial charge in [0, 0.05) is 15.8 Å². The molecular weight excluding hydrogens is 420 g/mol. The van der Waals surface area contributed by atoms with E-state index < -0.39 is 5.63 Å². The van der Waals surface area contributed by atoms with Gasteiger partial charge in [-0.25, -0.2) is 4.79 Å². The maximum absolute atomic E-state index is 12.9. The summed E-state index contributed by atoms with van der Waals surface area (Å²) < 4.78 is 5.41. The highest BCUT2D eigenvalue weighted by Gasteiger charge is 2.25. The highest BCUT2D eigenvalue weighted by Crippen LogP contribution is 2.39. The van der Waals surface area contributed by atoms with Crippen molar-refractivity contribution in [2.75, 3.05) is 5.32 Å². The number of benzene rings is 2. The third kappa shape index (κ3) is 3.61. The summed E-state index contributed by atoms with van der Waals surface area (Å²) in [5.74, 6) is 0.321. The third-order valence-electron chi connectivity index (χ3n) is 5.95. The second-order valence-corrected chi connectivity index (χ2v) is 9.29. The smallest absolute Gasteiger partial charge is 0.344 e.